The third-order valence-electron chi connectivity index (χ3n) is 1.61. The highest BCUT2D eigenvalue weighted by Gasteiger charge is 2.10. The fourth-order valence-electron chi connectivity index (χ4n) is 0.839. The van der Waals surface area contributed by atoms with Gasteiger partial charge in [0.15, 0.2) is 6.10 Å². The van der Waals surface area contributed by atoms with Gasteiger partial charge in [0.1, 0.15) is 0 Å². The fraction of sp³-hybridized carbons (Fsp3) is 0.500. The van der Waals surface area contributed by atoms with Crippen LogP contribution in [0.15, 0.2) is 12.4 Å². The maximum absolute atomic E-state index is 10.4. The van der Waals surface area contributed by atoms with Crippen molar-refractivity contribution in [2.45, 2.75) is 19.6 Å². The van der Waals surface area contributed by atoms with Crippen molar-refractivity contribution in [2.24, 2.45) is 7.05 Å². The Morgan fingerprint density at radius 1 is 1.85 bits per heavy atom. The lowest BCUT2D eigenvalue weighted by Gasteiger charge is -2.05. The zero-order valence-electron chi connectivity index (χ0n) is 7.60. The monoisotopic (exact) mass is 184 g/mol. The van der Waals surface area contributed by atoms with Gasteiger partial charge in [-0.15, -0.1) is 0 Å². The normalized spacial score (nSPS) is 12.8. The first-order chi connectivity index (χ1) is 6.09. The Bertz CT molecular complexity index is 295. The third-order valence-corrected chi connectivity index (χ3v) is 1.61. The van der Waals surface area contributed by atoms with Crippen LogP contribution < -0.4 is 0 Å². The van der Waals surface area contributed by atoms with Gasteiger partial charge < -0.3 is 9.84 Å². The molecule has 0 aliphatic carbocycles. The minimum atomic E-state index is -0.955. The van der Waals surface area contributed by atoms with Crippen LogP contribution >= 0.6 is 0 Å². The molecule has 1 rings (SSSR count). The lowest BCUT2D eigenvalue weighted by atomic mass is 10.4. The van der Waals surface area contributed by atoms with Gasteiger partial charge in [0, 0.05) is 18.8 Å². The van der Waals surface area contributed by atoms with Crippen LogP contribution in [0.3, 0.4) is 0 Å². The first-order valence-electron chi connectivity index (χ1n) is 3.91. The summed E-state index contributed by atoms with van der Waals surface area (Å²) in [5.41, 5.74) is 0.871. The standard InChI is InChI=1S/C8H12N2O3/c1-6(8(11)12)13-5-7-3-9-10(2)4-7/h3-4,6H,5H2,1-2H3,(H,11,12)/t6-/m0/s1. The maximum Gasteiger partial charge on any atom is 0.332 e. The van der Waals surface area contributed by atoms with Crippen molar-refractivity contribution in [1.82, 2.24) is 9.78 Å². The maximum atomic E-state index is 10.4. The Hall–Kier alpha value is -1.36. The van der Waals surface area contributed by atoms with Gasteiger partial charge in [-0.25, -0.2) is 4.79 Å². The smallest absolute Gasteiger partial charge is 0.332 e. The average molecular weight is 184 g/mol. The quantitative estimate of drug-likeness (QED) is 0.736. The van der Waals surface area contributed by atoms with Gasteiger partial charge in [-0.3, -0.25) is 4.68 Å². The first kappa shape index (κ1) is 9.73. The van der Waals surface area contributed by atoms with E-state index in [2.05, 4.69) is 5.10 Å². The highest BCUT2D eigenvalue weighted by molar-refractivity contribution is 5.71. The molecule has 1 aromatic heterocycles. The summed E-state index contributed by atoms with van der Waals surface area (Å²) in [4.78, 5) is 10.4. The molecule has 1 heterocycles. The molecule has 0 radical (unpaired) electrons. The summed E-state index contributed by atoms with van der Waals surface area (Å²) in [6.07, 6.45) is 2.66. The number of nitrogens with zero attached hydrogens (tertiary/aromatic N) is 2. The van der Waals surface area contributed by atoms with Gasteiger partial charge in [-0.2, -0.15) is 5.10 Å². The van der Waals surface area contributed by atoms with Crippen LogP contribution in [-0.2, 0) is 23.2 Å². The minimum Gasteiger partial charge on any atom is -0.479 e. The summed E-state index contributed by atoms with van der Waals surface area (Å²) in [5, 5.41) is 12.4. The molecule has 0 aliphatic rings. The highest BCUT2D eigenvalue weighted by Crippen LogP contribution is 2.01. The second kappa shape index (κ2) is 4.04. The van der Waals surface area contributed by atoms with Crippen LogP contribution in [0.25, 0.3) is 0 Å². The van der Waals surface area contributed by atoms with E-state index < -0.39 is 12.1 Å². The lowest BCUT2D eigenvalue weighted by molar-refractivity contribution is -0.149. The summed E-state index contributed by atoms with van der Waals surface area (Å²) in [6.45, 7) is 1.78. The van der Waals surface area contributed by atoms with E-state index in [-0.39, 0.29) is 6.61 Å². The first-order valence-corrected chi connectivity index (χ1v) is 3.91. The van der Waals surface area contributed by atoms with Crippen LogP contribution in [0.5, 0.6) is 0 Å². The van der Waals surface area contributed by atoms with E-state index in [0.717, 1.165) is 5.56 Å². The molecule has 0 aliphatic heterocycles. The zero-order valence-corrected chi connectivity index (χ0v) is 7.60. The zero-order chi connectivity index (χ0) is 9.84. The minimum absolute atomic E-state index is 0.279. The van der Waals surface area contributed by atoms with E-state index in [4.69, 9.17) is 9.84 Å². The molecule has 0 saturated heterocycles. The number of carboxylic acids is 1. The van der Waals surface area contributed by atoms with E-state index in [1.807, 2.05) is 0 Å². The summed E-state index contributed by atoms with van der Waals surface area (Å²) in [5.74, 6) is -0.955. The molecule has 0 fully saturated rings. The lowest BCUT2D eigenvalue weighted by Crippen LogP contribution is -2.19. The van der Waals surface area contributed by atoms with Gasteiger partial charge >= 0.3 is 5.97 Å². The van der Waals surface area contributed by atoms with Crippen LogP contribution in [0.1, 0.15) is 12.5 Å². The van der Waals surface area contributed by atoms with E-state index in [0.29, 0.717) is 0 Å². The Balaban J connectivity index is 2.39. The molecule has 0 saturated carbocycles. The molecule has 0 amide bonds. The Labute approximate surface area is 75.9 Å². The van der Waals surface area contributed by atoms with Crippen LogP contribution in [0.2, 0.25) is 0 Å². The molecule has 13 heavy (non-hydrogen) atoms. The second-order valence-electron chi connectivity index (χ2n) is 2.81. The number of ether oxygens (including phenoxy) is 1. The molecule has 1 atom stereocenters. The van der Waals surface area contributed by atoms with Crippen molar-refractivity contribution in [2.75, 3.05) is 0 Å². The van der Waals surface area contributed by atoms with Crippen LogP contribution in [0.4, 0.5) is 0 Å². The van der Waals surface area contributed by atoms with Gasteiger partial charge in [-0.1, -0.05) is 0 Å². The molecule has 0 aromatic carbocycles. The van der Waals surface area contributed by atoms with Crippen molar-refractivity contribution in [3.05, 3.63) is 18.0 Å². The van der Waals surface area contributed by atoms with E-state index in [1.165, 1.54) is 6.92 Å². The van der Waals surface area contributed by atoms with Gasteiger partial charge in [0.05, 0.1) is 12.8 Å². The number of hydrogen-bond donors (Lipinski definition) is 1. The summed E-state index contributed by atoms with van der Waals surface area (Å²) in [7, 11) is 1.80. The van der Waals surface area contributed by atoms with Crippen molar-refractivity contribution in [3.8, 4) is 0 Å². The second-order valence-corrected chi connectivity index (χ2v) is 2.81. The van der Waals surface area contributed by atoms with Crippen LogP contribution in [0, 0.1) is 0 Å². The number of aryl methyl sites for hydroxylation is 1. The number of aliphatic carboxylic acids is 1. The molecule has 0 unspecified atom stereocenters. The Morgan fingerprint density at radius 3 is 3.00 bits per heavy atom. The summed E-state index contributed by atoms with van der Waals surface area (Å²) < 4.78 is 6.69. The van der Waals surface area contributed by atoms with Crippen molar-refractivity contribution in [1.29, 1.82) is 0 Å². The van der Waals surface area contributed by atoms with Crippen LogP contribution in [-0.4, -0.2) is 27.0 Å². The van der Waals surface area contributed by atoms with Gasteiger partial charge in [0.2, 0.25) is 0 Å². The number of aromatic nitrogens is 2. The predicted molar refractivity (Wildman–Crippen MR) is 45.1 cm³/mol. The fourth-order valence-corrected chi connectivity index (χ4v) is 0.839. The number of hydrogen-bond acceptors (Lipinski definition) is 3. The largest absolute Gasteiger partial charge is 0.479 e. The predicted octanol–water partition coefficient (Wildman–Crippen LogP) is 0.410. The Morgan fingerprint density at radius 2 is 2.54 bits per heavy atom. The molecule has 0 bridgehead atoms. The SMILES string of the molecule is C[C@H](OCc1cnn(C)c1)C(=O)O. The van der Waals surface area contributed by atoms with E-state index in [1.54, 1.807) is 24.1 Å². The molecule has 5 nitrogen and oxygen atoms in total. The summed E-state index contributed by atoms with van der Waals surface area (Å²) >= 11 is 0. The topological polar surface area (TPSA) is 64.4 Å². The van der Waals surface area contributed by atoms with Gasteiger partial charge in [0.25, 0.3) is 0 Å². The molecule has 1 aromatic rings. The number of carboxylic acid groups (broad SMARTS) is 1. The van der Waals surface area contributed by atoms with Crippen molar-refractivity contribution in [3.63, 3.8) is 0 Å². The van der Waals surface area contributed by atoms with E-state index in [9.17, 15) is 4.79 Å². The molecule has 72 valence electrons. The highest BCUT2D eigenvalue weighted by atomic mass is 16.5. The third kappa shape index (κ3) is 2.87. The number of rotatable bonds is 4. The molecule has 0 spiro atoms. The molecular formula is C8H12N2O3. The van der Waals surface area contributed by atoms with Gasteiger partial charge in [-0.05, 0) is 6.92 Å². The molecule has 1 N–H and O–H groups in total. The number of carbonyl (C=O) groups is 1. The average Bonchev–Trinajstić information content (AvgIpc) is 2.47. The van der Waals surface area contributed by atoms with E-state index >= 15 is 0 Å². The molecular weight excluding hydrogens is 172 g/mol. The van der Waals surface area contributed by atoms with Crippen molar-refractivity contribution >= 4 is 5.97 Å². The Kier molecular flexibility index (Phi) is 3.02. The summed E-state index contributed by atoms with van der Waals surface area (Å²) in [6, 6.07) is 0. The molecule has 5 heteroatoms. The van der Waals surface area contributed by atoms with Crippen molar-refractivity contribution < 1.29 is 14.6 Å².